The molecule has 27 heavy (non-hydrogen) atoms. The number of fused-ring (bicyclic) bond motifs is 1. The Balaban J connectivity index is 1.76. The van der Waals surface area contributed by atoms with E-state index in [1.807, 2.05) is 11.5 Å². The predicted molar refractivity (Wildman–Crippen MR) is 99.1 cm³/mol. The van der Waals surface area contributed by atoms with E-state index in [-0.39, 0.29) is 5.69 Å². The van der Waals surface area contributed by atoms with Crippen molar-refractivity contribution in [3.05, 3.63) is 59.9 Å². The van der Waals surface area contributed by atoms with Crippen LogP contribution in [-0.4, -0.2) is 40.0 Å². The van der Waals surface area contributed by atoms with Gasteiger partial charge >= 0.3 is 0 Å². The molecule has 7 nitrogen and oxygen atoms in total. The van der Waals surface area contributed by atoms with Crippen LogP contribution in [0.1, 0.15) is 23.5 Å². The molecule has 0 unspecified atom stereocenters. The zero-order chi connectivity index (χ0) is 18.8. The summed E-state index contributed by atoms with van der Waals surface area (Å²) in [7, 11) is 0. The average molecular weight is 386 g/mol. The van der Waals surface area contributed by atoms with E-state index in [0.29, 0.717) is 24.1 Å². The lowest BCUT2D eigenvalue weighted by Gasteiger charge is -2.12. The molecular formula is C18H17ClFN7. The van der Waals surface area contributed by atoms with E-state index in [2.05, 4.69) is 25.0 Å². The van der Waals surface area contributed by atoms with Crippen LogP contribution in [0.25, 0.3) is 17.2 Å². The van der Waals surface area contributed by atoms with Crippen molar-refractivity contribution in [1.82, 2.24) is 34.1 Å². The Morgan fingerprint density at radius 2 is 2.07 bits per heavy atom. The minimum absolute atomic E-state index is 0.212. The molecule has 0 aliphatic carbocycles. The molecule has 0 amide bonds. The highest BCUT2D eigenvalue weighted by Gasteiger charge is 2.17. The standard InChI is InChI=1S/C18H17ClFN7/c1-12-24-17-13(4-2-6-19)15(23-11-27(17)25-12)10-26-9-8-22-18(26)16-14(20)5-3-7-21-16/h3,5,7-9,11H,2,4,6,10H2,1H3. The van der Waals surface area contributed by atoms with Gasteiger partial charge < -0.3 is 4.57 Å². The van der Waals surface area contributed by atoms with Crippen LogP contribution < -0.4 is 0 Å². The van der Waals surface area contributed by atoms with Gasteiger partial charge in [0.2, 0.25) is 0 Å². The fraction of sp³-hybridized carbons (Fsp3) is 0.278. The summed E-state index contributed by atoms with van der Waals surface area (Å²) in [6.07, 6.45) is 8.14. The zero-order valence-corrected chi connectivity index (χ0v) is 15.4. The second-order valence-corrected chi connectivity index (χ2v) is 6.48. The van der Waals surface area contributed by atoms with Crippen molar-refractivity contribution in [2.75, 3.05) is 5.88 Å². The first-order valence-electron chi connectivity index (χ1n) is 8.55. The summed E-state index contributed by atoms with van der Waals surface area (Å²) >= 11 is 5.90. The van der Waals surface area contributed by atoms with Crippen LogP contribution in [0.2, 0.25) is 0 Å². The molecule has 138 valence electrons. The number of pyridine rings is 1. The van der Waals surface area contributed by atoms with Gasteiger partial charge in [-0.2, -0.15) is 5.10 Å². The summed E-state index contributed by atoms with van der Waals surface area (Å²) in [6, 6.07) is 2.93. The largest absolute Gasteiger partial charge is 0.324 e. The third-order valence-corrected chi connectivity index (χ3v) is 4.51. The van der Waals surface area contributed by atoms with Gasteiger partial charge in [0.05, 0.1) is 12.2 Å². The van der Waals surface area contributed by atoms with Crippen molar-refractivity contribution in [2.24, 2.45) is 0 Å². The van der Waals surface area contributed by atoms with Crippen LogP contribution in [0.3, 0.4) is 0 Å². The molecule has 0 spiro atoms. The predicted octanol–water partition coefficient (Wildman–Crippen LogP) is 3.05. The number of nitrogens with zero attached hydrogens (tertiary/aromatic N) is 7. The Kier molecular flexibility index (Phi) is 4.81. The average Bonchev–Trinajstić information content (AvgIpc) is 3.27. The molecule has 0 aliphatic rings. The first kappa shape index (κ1) is 17.5. The third kappa shape index (κ3) is 3.40. The number of aryl methyl sites for hydroxylation is 2. The third-order valence-electron chi connectivity index (χ3n) is 4.24. The van der Waals surface area contributed by atoms with Gasteiger partial charge in [-0.3, -0.25) is 0 Å². The van der Waals surface area contributed by atoms with Crippen LogP contribution in [0.4, 0.5) is 4.39 Å². The van der Waals surface area contributed by atoms with Gasteiger partial charge in [0.1, 0.15) is 17.8 Å². The van der Waals surface area contributed by atoms with Crippen LogP contribution in [0.5, 0.6) is 0 Å². The molecule has 0 saturated carbocycles. The topological polar surface area (TPSA) is 73.8 Å². The van der Waals surface area contributed by atoms with Gasteiger partial charge in [-0.1, -0.05) is 0 Å². The molecule has 4 rings (SSSR count). The second-order valence-electron chi connectivity index (χ2n) is 6.10. The maximum atomic E-state index is 14.2. The quantitative estimate of drug-likeness (QED) is 0.477. The molecule has 0 aliphatic heterocycles. The molecular weight excluding hydrogens is 369 g/mol. The fourth-order valence-corrected chi connectivity index (χ4v) is 3.18. The van der Waals surface area contributed by atoms with E-state index >= 15 is 0 Å². The van der Waals surface area contributed by atoms with E-state index in [1.165, 1.54) is 6.07 Å². The van der Waals surface area contributed by atoms with Gasteiger partial charge in [0.25, 0.3) is 0 Å². The second kappa shape index (κ2) is 7.40. The Labute approximate surface area is 159 Å². The number of halogens is 2. The van der Waals surface area contributed by atoms with Crippen molar-refractivity contribution in [2.45, 2.75) is 26.3 Å². The lowest BCUT2D eigenvalue weighted by Crippen LogP contribution is -2.10. The normalized spacial score (nSPS) is 11.4. The molecule has 4 heterocycles. The number of hydrogen-bond acceptors (Lipinski definition) is 5. The molecule has 9 heteroatoms. The Morgan fingerprint density at radius 3 is 2.89 bits per heavy atom. The van der Waals surface area contributed by atoms with Crippen molar-refractivity contribution < 1.29 is 4.39 Å². The fourth-order valence-electron chi connectivity index (χ4n) is 3.05. The maximum Gasteiger partial charge on any atom is 0.162 e. The maximum absolute atomic E-state index is 14.2. The molecule has 0 aromatic carbocycles. The van der Waals surface area contributed by atoms with E-state index < -0.39 is 5.82 Å². The Hall–Kier alpha value is -2.87. The van der Waals surface area contributed by atoms with E-state index in [4.69, 9.17) is 11.6 Å². The van der Waals surface area contributed by atoms with Gasteiger partial charge in [-0.05, 0) is 31.9 Å². The van der Waals surface area contributed by atoms with E-state index in [1.54, 1.807) is 35.5 Å². The molecule has 4 aromatic rings. The van der Waals surface area contributed by atoms with Crippen LogP contribution in [0, 0.1) is 12.7 Å². The summed E-state index contributed by atoms with van der Waals surface area (Å²) in [6.45, 7) is 2.27. The summed E-state index contributed by atoms with van der Waals surface area (Å²) in [5, 5.41) is 4.33. The number of imidazole rings is 1. The summed E-state index contributed by atoms with van der Waals surface area (Å²) in [4.78, 5) is 17.5. The summed E-state index contributed by atoms with van der Waals surface area (Å²) in [5.74, 6) is 1.27. The molecule has 0 N–H and O–H groups in total. The lowest BCUT2D eigenvalue weighted by molar-refractivity contribution is 0.621. The molecule has 0 bridgehead atoms. The zero-order valence-electron chi connectivity index (χ0n) is 14.7. The van der Waals surface area contributed by atoms with Crippen molar-refractivity contribution in [3.63, 3.8) is 0 Å². The van der Waals surface area contributed by atoms with Crippen LogP contribution in [-0.2, 0) is 13.0 Å². The smallest absolute Gasteiger partial charge is 0.162 e. The Bertz CT molecular complexity index is 1090. The molecule has 0 radical (unpaired) electrons. The first-order chi connectivity index (χ1) is 13.2. The minimum atomic E-state index is -0.413. The van der Waals surface area contributed by atoms with Crippen LogP contribution in [0.15, 0.2) is 37.1 Å². The summed E-state index contributed by atoms with van der Waals surface area (Å²) in [5.41, 5.74) is 2.80. The lowest BCUT2D eigenvalue weighted by atomic mass is 10.1. The van der Waals surface area contributed by atoms with E-state index in [9.17, 15) is 4.39 Å². The number of rotatable bonds is 6. The molecule has 0 atom stereocenters. The molecule has 0 saturated heterocycles. The van der Waals surface area contributed by atoms with Gasteiger partial charge in [-0.15, -0.1) is 11.6 Å². The van der Waals surface area contributed by atoms with Crippen molar-refractivity contribution in [1.29, 1.82) is 0 Å². The monoisotopic (exact) mass is 385 g/mol. The molecule has 0 fully saturated rings. The number of aromatic nitrogens is 7. The highest BCUT2D eigenvalue weighted by Crippen LogP contribution is 2.21. The highest BCUT2D eigenvalue weighted by atomic mass is 35.5. The highest BCUT2D eigenvalue weighted by molar-refractivity contribution is 6.17. The Morgan fingerprint density at radius 1 is 1.19 bits per heavy atom. The van der Waals surface area contributed by atoms with Crippen molar-refractivity contribution in [3.8, 4) is 11.5 Å². The first-order valence-corrected chi connectivity index (χ1v) is 9.08. The summed E-state index contributed by atoms with van der Waals surface area (Å²) < 4.78 is 17.7. The van der Waals surface area contributed by atoms with E-state index in [0.717, 1.165) is 29.7 Å². The van der Waals surface area contributed by atoms with Gasteiger partial charge in [0.15, 0.2) is 17.3 Å². The number of alkyl halides is 1. The SMILES string of the molecule is Cc1nc2c(CCCCl)c(Cn3ccnc3-c3ncccc3F)ncn2n1. The van der Waals surface area contributed by atoms with Gasteiger partial charge in [0, 0.05) is 30.0 Å². The number of hydrogen-bond donors (Lipinski definition) is 0. The van der Waals surface area contributed by atoms with Crippen LogP contribution >= 0.6 is 11.6 Å². The molecule has 4 aromatic heterocycles. The van der Waals surface area contributed by atoms with Gasteiger partial charge in [-0.25, -0.2) is 28.8 Å². The van der Waals surface area contributed by atoms with Crippen molar-refractivity contribution >= 4 is 17.2 Å². The minimum Gasteiger partial charge on any atom is -0.324 e.